The predicted octanol–water partition coefficient (Wildman–Crippen LogP) is 2.63. The molecule has 6 heteroatoms. The highest BCUT2D eigenvalue weighted by atomic mass is 16.3. The quantitative estimate of drug-likeness (QED) is 0.325. The zero-order chi connectivity index (χ0) is 25.2. The van der Waals surface area contributed by atoms with Gasteiger partial charge in [-0.2, -0.15) is 0 Å². The zero-order valence-corrected chi connectivity index (χ0v) is 21.5. The monoisotopic (exact) mass is 480 g/mol. The summed E-state index contributed by atoms with van der Waals surface area (Å²) in [6, 6.07) is 0. The highest BCUT2D eigenvalue weighted by Gasteiger charge is 2.72. The lowest BCUT2D eigenvalue weighted by molar-refractivity contribution is -0.264. The van der Waals surface area contributed by atoms with Gasteiger partial charge < -0.3 is 30.6 Å². The van der Waals surface area contributed by atoms with Crippen molar-refractivity contribution in [2.45, 2.75) is 109 Å². The smallest absolute Gasteiger partial charge is 0.0863 e. The maximum Gasteiger partial charge on any atom is 0.0863 e. The SMILES string of the molecule is C=C(CC[C@@H](C)[C@H]1[C@@H](O)[C@@H](O)[C@@H]2[C@]1(C)CC[C@@H]1[C@@]3(C)CC[C@H](O)C[C@@H]3[C@@H](O)C[C@]12O)C(C)CO. The van der Waals surface area contributed by atoms with E-state index in [0.717, 1.165) is 37.7 Å². The molecule has 0 aromatic carbocycles. The molecule has 0 heterocycles. The van der Waals surface area contributed by atoms with Gasteiger partial charge in [0, 0.05) is 18.9 Å². The molecule has 4 rings (SSSR count). The second kappa shape index (κ2) is 9.11. The Morgan fingerprint density at radius 2 is 1.65 bits per heavy atom. The standard InChI is InChI=1S/C28H48O6/c1-15(17(3)14-29)6-7-16(2)22-23(32)24(33)25-27(22,5)11-9-21-26(4)10-8-18(30)12-19(26)20(31)13-28(21,25)34/h16-25,29-34H,1,6-14H2,2-5H3/t16-,17?,18+,19-,20+,21-,22+,23-,24-,25-,26+,27-,28+/m1/s1. The minimum atomic E-state index is -1.25. The molecule has 34 heavy (non-hydrogen) atoms. The highest BCUT2D eigenvalue weighted by molar-refractivity contribution is 5.21. The van der Waals surface area contributed by atoms with Crippen molar-refractivity contribution in [2.24, 2.45) is 46.3 Å². The summed E-state index contributed by atoms with van der Waals surface area (Å²) in [5, 5.41) is 66.0. The van der Waals surface area contributed by atoms with Crippen molar-refractivity contribution < 1.29 is 30.6 Å². The van der Waals surface area contributed by atoms with Gasteiger partial charge in [-0.05, 0) is 85.4 Å². The summed E-state index contributed by atoms with van der Waals surface area (Å²) < 4.78 is 0. The van der Waals surface area contributed by atoms with Crippen LogP contribution in [-0.4, -0.2) is 67.3 Å². The van der Waals surface area contributed by atoms with Crippen molar-refractivity contribution in [1.29, 1.82) is 0 Å². The van der Waals surface area contributed by atoms with Gasteiger partial charge in [0.25, 0.3) is 0 Å². The topological polar surface area (TPSA) is 121 Å². The zero-order valence-electron chi connectivity index (χ0n) is 21.5. The molecule has 4 aliphatic rings. The molecule has 0 amide bonds. The van der Waals surface area contributed by atoms with E-state index in [0.29, 0.717) is 12.8 Å². The molecule has 13 atom stereocenters. The Hall–Kier alpha value is -0.500. The fraction of sp³-hybridized carbons (Fsp3) is 0.929. The van der Waals surface area contributed by atoms with E-state index in [4.69, 9.17) is 0 Å². The van der Waals surface area contributed by atoms with Crippen LogP contribution in [0.1, 0.15) is 79.1 Å². The van der Waals surface area contributed by atoms with E-state index < -0.39 is 41.3 Å². The van der Waals surface area contributed by atoms with Crippen LogP contribution in [0.25, 0.3) is 0 Å². The number of aliphatic hydroxyl groups is 6. The van der Waals surface area contributed by atoms with Gasteiger partial charge in [0.2, 0.25) is 0 Å². The third-order valence-corrected chi connectivity index (χ3v) is 11.3. The molecule has 0 radical (unpaired) electrons. The number of hydrogen-bond acceptors (Lipinski definition) is 6. The first kappa shape index (κ1) is 26.6. The lowest BCUT2D eigenvalue weighted by atomic mass is 9.42. The molecule has 0 aliphatic heterocycles. The molecular weight excluding hydrogens is 432 g/mol. The second-order valence-corrected chi connectivity index (χ2v) is 13.1. The molecule has 0 spiro atoms. The van der Waals surface area contributed by atoms with Crippen LogP contribution in [0, 0.1) is 46.3 Å². The van der Waals surface area contributed by atoms with E-state index in [-0.39, 0.29) is 48.0 Å². The average Bonchev–Trinajstić information content (AvgIpc) is 2.98. The summed E-state index contributed by atoms with van der Waals surface area (Å²) >= 11 is 0. The molecule has 4 saturated carbocycles. The Morgan fingerprint density at radius 3 is 2.29 bits per heavy atom. The summed E-state index contributed by atoms with van der Waals surface area (Å²) in [7, 11) is 0. The minimum absolute atomic E-state index is 0.0391. The second-order valence-electron chi connectivity index (χ2n) is 13.1. The van der Waals surface area contributed by atoms with Crippen LogP contribution in [0.15, 0.2) is 12.2 Å². The van der Waals surface area contributed by atoms with Gasteiger partial charge in [0.05, 0.1) is 30.0 Å². The van der Waals surface area contributed by atoms with Crippen molar-refractivity contribution in [3.05, 3.63) is 12.2 Å². The molecule has 0 bridgehead atoms. The predicted molar refractivity (Wildman–Crippen MR) is 131 cm³/mol. The van der Waals surface area contributed by atoms with Crippen molar-refractivity contribution in [1.82, 2.24) is 0 Å². The first-order chi connectivity index (χ1) is 15.8. The lowest BCUT2D eigenvalue weighted by Crippen LogP contribution is -2.68. The van der Waals surface area contributed by atoms with E-state index in [1.54, 1.807) is 0 Å². The lowest BCUT2D eigenvalue weighted by Gasteiger charge is -2.65. The maximum absolute atomic E-state index is 12.3. The first-order valence-electron chi connectivity index (χ1n) is 13.5. The number of aliphatic hydroxyl groups excluding tert-OH is 5. The van der Waals surface area contributed by atoms with Gasteiger partial charge in [0.1, 0.15) is 0 Å². The molecule has 4 fully saturated rings. The van der Waals surface area contributed by atoms with Gasteiger partial charge in [-0.3, -0.25) is 0 Å². The molecule has 196 valence electrons. The van der Waals surface area contributed by atoms with Crippen LogP contribution in [0.3, 0.4) is 0 Å². The molecule has 4 aliphatic carbocycles. The van der Waals surface area contributed by atoms with Crippen molar-refractivity contribution in [2.75, 3.05) is 6.61 Å². The molecular formula is C28H48O6. The van der Waals surface area contributed by atoms with Crippen LogP contribution in [0.5, 0.6) is 0 Å². The Labute approximate surface area is 205 Å². The fourth-order valence-electron chi connectivity index (χ4n) is 9.48. The normalized spacial score (nSPS) is 52.3. The van der Waals surface area contributed by atoms with Crippen molar-refractivity contribution >= 4 is 0 Å². The molecule has 0 saturated heterocycles. The summed E-state index contributed by atoms with van der Waals surface area (Å²) in [4.78, 5) is 0. The van der Waals surface area contributed by atoms with E-state index in [2.05, 4.69) is 27.4 Å². The van der Waals surface area contributed by atoms with E-state index in [1.165, 1.54) is 0 Å². The van der Waals surface area contributed by atoms with Crippen LogP contribution in [0.4, 0.5) is 0 Å². The van der Waals surface area contributed by atoms with E-state index >= 15 is 0 Å². The Morgan fingerprint density at radius 1 is 1.00 bits per heavy atom. The largest absolute Gasteiger partial charge is 0.396 e. The van der Waals surface area contributed by atoms with Gasteiger partial charge in [-0.25, -0.2) is 0 Å². The Balaban J connectivity index is 1.62. The average molecular weight is 481 g/mol. The van der Waals surface area contributed by atoms with Crippen LogP contribution in [0.2, 0.25) is 0 Å². The molecule has 1 unspecified atom stereocenters. The summed E-state index contributed by atoms with van der Waals surface area (Å²) in [5.41, 5.74) is -0.978. The number of fused-ring (bicyclic) bond motifs is 5. The summed E-state index contributed by atoms with van der Waals surface area (Å²) in [6.45, 7) is 12.6. The summed E-state index contributed by atoms with van der Waals surface area (Å²) in [6.07, 6.45) is 2.29. The number of hydrogen-bond donors (Lipinski definition) is 6. The van der Waals surface area contributed by atoms with Gasteiger partial charge in [0.15, 0.2) is 0 Å². The van der Waals surface area contributed by atoms with Gasteiger partial charge in [-0.1, -0.05) is 39.8 Å². The van der Waals surface area contributed by atoms with Gasteiger partial charge in [-0.15, -0.1) is 0 Å². The van der Waals surface area contributed by atoms with Gasteiger partial charge >= 0.3 is 0 Å². The first-order valence-corrected chi connectivity index (χ1v) is 13.5. The molecule has 6 nitrogen and oxygen atoms in total. The van der Waals surface area contributed by atoms with Crippen LogP contribution >= 0.6 is 0 Å². The Kier molecular flexibility index (Phi) is 7.12. The van der Waals surface area contributed by atoms with Crippen molar-refractivity contribution in [3.63, 3.8) is 0 Å². The summed E-state index contributed by atoms with van der Waals surface area (Å²) in [5.74, 6) is -0.629. The van der Waals surface area contributed by atoms with Crippen molar-refractivity contribution in [3.8, 4) is 0 Å². The van der Waals surface area contributed by atoms with Crippen LogP contribution in [-0.2, 0) is 0 Å². The fourth-order valence-corrected chi connectivity index (χ4v) is 9.48. The third-order valence-electron chi connectivity index (χ3n) is 11.3. The third kappa shape index (κ3) is 3.83. The molecule has 6 N–H and O–H groups in total. The van der Waals surface area contributed by atoms with Crippen LogP contribution < -0.4 is 0 Å². The highest BCUT2D eigenvalue weighted by Crippen LogP contribution is 2.69. The Bertz CT molecular complexity index is 772. The molecule has 0 aromatic rings. The molecule has 0 aromatic heterocycles. The minimum Gasteiger partial charge on any atom is -0.396 e. The van der Waals surface area contributed by atoms with E-state index in [1.807, 2.05) is 6.92 Å². The number of rotatable bonds is 6. The maximum atomic E-state index is 12.3. The van der Waals surface area contributed by atoms with E-state index in [9.17, 15) is 30.6 Å².